The fraction of sp³-hybridized carbons (Fsp3) is 0.310. The van der Waals surface area contributed by atoms with E-state index in [1.165, 1.54) is 11.8 Å². The van der Waals surface area contributed by atoms with Crippen LogP contribution in [0.4, 0.5) is 5.95 Å². The molecule has 1 aliphatic heterocycles. The van der Waals surface area contributed by atoms with Gasteiger partial charge < -0.3 is 9.80 Å². The van der Waals surface area contributed by atoms with Crippen LogP contribution in [0.3, 0.4) is 0 Å². The Labute approximate surface area is 227 Å². The van der Waals surface area contributed by atoms with Crippen LogP contribution in [0.15, 0.2) is 71.0 Å². The summed E-state index contributed by atoms with van der Waals surface area (Å²) in [5, 5.41) is 0.976. The van der Waals surface area contributed by atoms with Crippen LogP contribution in [-0.4, -0.2) is 68.8 Å². The first kappa shape index (κ1) is 25.9. The monoisotopic (exact) mass is 525 g/mol. The van der Waals surface area contributed by atoms with Gasteiger partial charge >= 0.3 is 0 Å². The molecule has 1 saturated heterocycles. The number of aryl methyl sites for hydroxylation is 2. The molecule has 8 nitrogen and oxygen atoms in total. The summed E-state index contributed by atoms with van der Waals surface area (Å²) in [5.74, 6) is 1.36. The van der Waals surface area contributed by atoms with Crippen molar-refractivity contribution in [3.8, 4) is 11.3 Å². The zero-order valence-electron chi connectivity index (χ0n) is 22.0. The summed E-state index contributed by atoms with van der Waals surface area (Å²) in [6, 6.07) is 19.6. The first-order valence-electron chi connectivity index (χ1n) is 12.9. The van der Waals surface area contributed by atoms with Gasteiger partial charge in [0, 0.05) is 44.6 Å². The quantitative estimate of drug-likeness (QED) is 0.243. The summed E-state index contributed by atoms with van der Waals surface area (Å²) in [5.41, 5.74) is 4.08. The fourth-order valence-electron chi connectivity index (χ4n) is 4.29. The van der Waals surface area contributed by atoms with Crippen molar-refractivity contribution < 1.29 is 4.79 Å². The predicted octanol–water partition coefficient (Wildman–Crippen LogP) is 4.53. The molecule has 1 fully saturated rings. The van der Waals surface area contributed by atoms with Crippen molar-refractivity contribution in [1.29, 1.82) is 0 Å². The van der Waals surface area contributed by atoms with E-state index in [0.29, 0.717) is 34.1 Å². The maximum Gasteiger partial charge on any atom is 0.229 e. The molecule has 0 atom stereocenters. The Morgan fingerprint density at radius 2 is 1.63 bits per heavy atom. The molecule has 0 N–H and O–H groups in total. The lowest BCUT2D eigenvalue weighted by molar-refractivity contribution is 0.0987. The van der Waals surface area contributed by atoms with Crippen LogP contribution in [0.5, 0.6) is 0 Å². The van der Waals surface area contributed by atoms with Gasteiger partial charge in [-0.15, -0.1) is 0 Å². The van der Waals surface area contributed by atoms with Crippen LogP contribution in [0.2, 0.25) is 0 Å². The number of benzene rings is 2. The molecule has 0 aliphatic carbocycles. The minimum atomic E-state index is -0.0555. The molecule has 2 aromatic carbocycles. The fourth-order valence-corrected chi connectivity index (χ4v) is 5.02. The average Bonchev–Trinajstić information content (AvgIpc) is 2.93. The Morgan fingerprint density at radius 3 is 2.37 bits per heavy atom. The third-order valence-corrected chi connectivity index (χ3v) is 7.17. The summed E-state index contributed by atoms with van der Waals surface area (Å²) >= 11 is 1.27. The number of rotatable bonds is 8. The summed E-state index contributed by atoms with van der Waals surface area (Å²) < 4.78 is 0. The third kappa shape index (κ3) is 6.41. The second kappa shape index (κ2) is 11.8. The van der Waals surface area contributed by atoms with E-state index in [1.54, 1.807) is 6.07 Å². The van der Waals surface area contributed by atoms with Gasteiger partial charge in [-0.2, -0.15) is 9.97 Å². The number of aromatic nitrogens is 5. The van der Waals surface area contributed by atoms with E-state index in [4.69, 9.17) is 9.97 Å². The number of piperazine rings is 1. The van der Waals surface area contributed by atoms with Crippen LogP contribution >= 0.6 is 11.8 Å². The van der Waals surface area contributed by atoms with Crippen molar-refractivity contribution in [1.82, 2.24) is 29.8 Å². The van der Waals surface area contributed by atoms with E-state index >= 15 is 0 Å². The van der Waals surface area contributed by atoms with E-state index in [2.05, 4.69) is 31.8 Å². The number of carbonyl (C=O) groups excluding carboxylic acids is 1. The summed E-state index contributed by atoms with van der Waals surface area (Å²) in [4.78, 5) is 41.4. The Hall–Kier alpha value is -3.69. The number of carbonyl (C=O) groups is 1. The largest absolute Gasteiger partial charge is 0.338 e. The first-order valence-corrected chi connectivity index (χ1v) is 13.7. The van der Waals surface area contributed by atoms with Crippen molar-refractivity contribution in [2.45, 2.75) is 37.0 Å². The minimum absolute atomic E-state index is 0.0555. The molecule has 0 bridgehead atoms. The SMILES string of the molecule is CCc1nc(Sc2nc(C(=O)Cc3cccc(C)c3)cc(-c3ccccc3)n2)nc(N2CCN(C)CC2)n1. The molecule has 0 radical (unpaired) electrons. The zero-order chi connectivity index (χ0) is 26.5. The molecule has 0 spiro atoms. The van der Waals surface area contributed by atoms with Gasteiger partial charge in [0.1, 0.15) is 11.5 Å². The molecular formula is C29H31N7OS. The second-order valence-electron chi connectivity index (χ2n) is 9.46. The Balaban J connectivity index is 1.48. The lowest BCUT2D eigenvalue weighted by atomic mass is 10.0. The molecule has 4 aromatic rings. The molecule has 38 heavy (non-hydrogen) atoms. The number of anilines is 1. The van der Waals surface area contributed by atoms with Gasteiger partial charge in [-0.05, 0) is 37.4 Å². The maximum atomic E-state index is 13.3. The van der Waals surface area contributed by atoms with Gasteiger partial charge in [-0.3, -0.25) is 4.79 Å². The molecule has 194 valence electrons. The van der Waals surface area contributed by atoms with Gasteiger partial charge in [0.05, 0.1) is 5.69 Å². The highest BCUT2D eigenvalue weighted by molar-refractivity contribution is 7.99. The molecule has 0 saturated carbocycles. The van der Waals surface area contributed by atoms with E-state index in [1.807, 2.05) is 68.4 Å². The highest BCUT2D eigenvalue weighted by Gasteiger charge is 2.20. The summed E-state index contributed by atoms with van der Waals surface area (Å²) in [6.07, 6.45) is 0.971. The van der Waals surface area contributed by atoms with E-state index < -0.39 is 0 Å². The Morgan fingerprint density at radius 1 is 0.868 bits per heavy atom. The van der Waals surface area contributed by atoms with E-state index in [9.17, 15) is 4.79 Å². The van der Waals surface area contributed by atoms with Crippen molar-refractivity contribution in [3.05, 3.63) is 83.3 Å². The van der Waals surface area contributed by atoms with Gasteiger partial charge in [0.15, 0.2) is 10.9 Å². The summed E-state index contributed by atoms with van der Waals surface area (Å²) in [6.45, 7) is 7.72. The van der Waals surface area contributed by atoms with Crippen LogP contribution in [0, 0.1) is 6.92 Å². The average molecular weight is 526 g/mol. The van der Waals surface area contributed by atoms with Crippen LogP contribution in [-0.2, 0) is 12.8 Å². The van der Waals surface area contributed by atoms with Crippen LogP contribution in [0.1, 0.15) is 34.4 Å². The Bertz CT molecular complexity index is 1420. The van der Waals surface area contributed by atoms with Crippen molar-refractivity contribution in [3.63, 3.8) is 0 Å². The summed E-state index contributed by atoms with van der Waals surface area (Å²) in [7, 11) is 2.12. The molecule has 3 heterocycles. The number of hydrogen-bond acceptors (Lipinski definition) is 9. The molecule has 5 rings (SSSR count). The highest BCUT2D eigenvalue weighted by Crippen LogP contribution is 2.27. The first-order chi connectivity index (χ1) is 18.5. The van der Waals surface area contributed by atoms with Crippen LogP contribution in [0.25, 0.3) is 11.3 Å². The number of nitrogens with zero attached hydrogens (tertiary/aromatic N) is 7. The second-order valence-corrected chi connectivity index (χ2v) is 10.4. The van der Waals surface area contributed by atoms with Crippen molar-refractivity contribution in [2.24, 2.45) is 0 Å². The molecule has 1 aliphatic rings. The smallest absolute Gasteiger partial charge is 0.229 e. The maximum absolute atomic E-state index is 13.3. The van der Waals surface area contributed by atoms with Crippen LogP contribution < -0.4 is 4.90 Å². The van der Waals surface area contributed by atoms with E-state index in [0.717, 1.165) is 48.7 Å². The predicted molar refractivity (Wildman–Crippen MR) is 150 cm³/mol. The lowest BCUT2D eigenvalue weighted by Gasteiger charge is -2.32. The number of ketones is 1. The van der Waals surface area contributed by atoms with Gasteiger partial charge in [0.2, 0.25) is 11.1 Å². The highest BCUT2D eigenvalue weighted by atomic mass is 32.2. The van der Waals surface area contributed by atoms with Crippen molar-refractivity contribution in [2.75, 3.05) is 38.1 Å². The molecule has 9 heteroatoms. The number of Topliss-reactive ketones (excluding diaryl/α,β-unsaturated/α-hetero) is 1. The molecule has 0 unspecified atom stereocenters. The van der Waals surface area contributed by atoms with Gasteiger partial charge in [0.25, 0.3) is 0 Å². The third-order valence-electron chi connectivity index (χ3n) is 6.44. The standard InChI is InChI=1S/C29H31N7OS/c1-4-26-32-27(36-15-13-35(3)14-16-36)34-29(33-26)38-28-30-23(22-11-6-5-7-12-22)19-24(31-28)25(37)18-21-10-8-9-20(2)17-21/h5-12,17,19H,4,13-16,18H2,1-3H3. The topological polar surface area (TPSA) is 88.0 Å². The molecule has 0 amide bonds. The normalized spacial score (nSPS) is 14.0. The van der Waals surface area contributed by atoms with Gasteiger partial charge in [-0.25, -0.2) is 15.0 Å². The van der Waals surface area contributed by atoms with Crippen molar-refractivity contribution >= 4 is 23.5 Å². The van der Waals surface area contributed by atoms with E-state index in [-0.39, 0.29) is 12.2 Å². The van der Waals surface area contributed by atoms with Gasteiger partial charge in [-0.1, -0.05) is 67.1 Å². The Kier molecular flexibility index (Phi) is 8.05. The molecular weight excluding hydrogens is 494 g/mol. The molecule has 2 aromatic heterocycles. The minimum Gasteiger partial charge on any atom is -0.338 e. The lowest BCUT2D eigenvalue weighted by Crippen LogP contribution is -2.45. The number of likely N-dealkylation sites (N-methyl/N-ethyl adjacent to an activating group) is 1. The number of hydrogen-bond donors (Lipinski definition) is 0. The zero-order valence-corrected chi connectivity index (χ0v) is 22.8.